The summed E-state index contributed by atoms with van der Waals surface area (Å²) in [5, 5.41) is 10.2. The lowest BCUT2D eigenvalue weighted by atomic mass is 9.89. The number of aliphatic hydroxyl groups is 1. The molecule has 0 saturated heterocycles. The highest BCUT2D eigenvalue weighted by Gasteiger charge is 2.35. The van der Waals surface area contributed by atoms with Crippen molar-refractivity contribution in [1.82, 2.24) is 4.90 Å². The average molecular weight is 197 g/mol. The molecule has 0 fully saturated rings. The second-order valence-electron chi connectivity index (χ2n) is 4.02. The van der Waals surface area contributed by atoms with E-state index in [-0.39, 0.29) is 5.54 Å². The molecule has 1 rings (SSSR count). The van der Waals surface area contributed by atoms with E-state index >= 15 is 0 Å². The zero-order chi connectivity index (χ0) is 10.8. The zero-order valence-corrected chi connectivity index (χ0v) is 9.32. The van der Waals surface area contributed by atoms with Crippen LogP contribution in [0.2, 0.25) is 0 Å². The van der Waals surface area contributed by atoms with Gasteiger partial charge in [0, 0.05) is 0 Å². The molecule has 0 radical (unpaired) electrons. The molecule has 1 heterocycles. The van der Waals surface area contributed by atoms with Crippen LogP contribution in [0.3, 0.4) is 0 Å². The maximum atomic E-state index is 10.2. The fraction of sp³-hybridized carbons (Fsp3) is 0.636. The van der Waals surface area contributed by atoms with Crippen LogP contribution in [-0.2, 0) is 0 Å². The van der Waals surface area contributed by atoms with E-state index in [2.05, 4.69) is 6.92 Å². The summed E-state index contributed by atoms with van der Waals surface area (Å²) in [5.74, 6) is 0.628. The number of hydrogen-bond donors (Lipinski definition) is 1. The van der Waals surface area contributed by atoms with Crippen molar-refractivity contribution in [3.05, 3.63) is 24.2 Å². The number of likely N-dealkylation sites (N-methyl/N-ethyl adjacent to an activating group) is 1. The molecular weight excluding hydrogens is 178 g/mol. The van der Waals surface area contributed by atoms with Crippen LogP contribution in [0.4, 0.5) is 0 Å². The van der Waals surface area contributed by atoms with Gasteiger partial charge >= 0.3 is 0 Å². The van der Waals surface area contributed by atoms with Gasteiger partial charge in [-0.25, -0.2) is 0 Å². The van der Waals surface area contributed by atoms with E-state index in [1.165, 1.54) is 0 Å². The highest BCUT2D eigenvalue weighted by molar-refractivity contribution is 5.08. The van der Waals surface area contributed by atoms with Crippen LogP contribution in [0.1, 0.15) is 32.1 Å². The van der Waals surface area contributed by atoms with Crippen molar-refractivity contribution < 1.29 is 9.52 Å². The molecule has 80 valence electrons. The summed E-state index contributed by atoms with van der Waals surface area (Å²) in [7, 11) is 3.94. The fourth-order valence-electron chi connectivity index (χ4n) is 1.51. The van der Waals surface area contributed by atoms with Gasteiger partial charge in [-0.2, -0.15) is 0 Å². The summed E-state index contributed by atoms with van der Waals surface area (Å²) in [5.41, 5.74) is -0.280. The molecule has 2 atom stereocenters. The molecule has 0 aromatic carbocycles. The smallest absolute Gasteiger partial charge is 0.134 e. The first-order valence-electron chi connectivity index (χ1n) is 4.91. The Morgan fingerprint density at radius 3 is 2.57 bits per heavy atom. The van der Waals surface area contributed by atoms with Gasteiger partial charge in [-0.15, -0.1) is 0 Å². The molecule has 1 aromatic heterocycles. The summed E-state index contributed by atoms with van der Waals surface area (Å²) in [6.07, 6.45) is 1.86. The third-order valence-electron chi connectivity index (χ3n) is 3.14. The lowest BCUT2D eigenvalue weighted by Crippen LogP contribution is -2.46. The molecule has 0 amide bonds. The normalized spacial score (nSPS) is 18.1. The van der Waals surface area contributed by atoms with Crippen LogP contribution in [0, 0.1) is 0 Å². The van der Waals surface area contributed by atoms with Crippen LogP contribution in [0.15, 0.2) is 22.8 Å². The molecule has 0 bridgehead atoms. The summed E-state index contributed by atoms with van der Waals surface area (Å²) < 4.78 is 5.22. The maximum absolute atomic E-state index is 10.2. The van der Waals surface area contributed by atoms with Gasteiger partial charge in [-0.1, -0.05) is 6.92 Å². The van der Waals surface area contributed by atoms with Crippen molar-refractivity contribution in [2.24, 2.45) is 0 Å². The van der Waals surface area contributed by atoms with Gasteiger partial charge in [0.1, 0.15) is 11.9 Å². The number of furan rings is 1. The highest BCUT2D eigenvalue weighted by atomic mass is 16.4. The Labute approximate surface area is 85.3 Å². The Kier molecular flexibility index (Phi) is 3.34. The second kappa shape index (κ2) is 4.15. The Hall–Kier alpha value is -0.800. The third kappa shape index (κ3) is 1.83. The van der Waals surface area contributed by atoms with Crippen LogP contribution >= 0.6 is 0 Å². The van der Waals surface area contributed by atoms with E-state index in [1.807, 2.05) is 32.0 Å². The predicted octanol–water partition coefficient (Wildman–Crippen LogP) is 2.04. The molecule has 3 nitrogen and oxygen atoms in total. The van der Waals surface area contributed by atoms with Gasteiger partial charge in [-0.3, -0.25) is 0 Å². The largest absolute Gasteiger partial charge is 0.467 e. The summed E-state index contributed by atoms with van der Waals surface area (Å²) in [4.78, 5) is 2.03. The van der Waals surface area contributed by atoms with E-state index in [0.29, 0.717) is 5.76 Å². The Morgan fingerprint density at radius 2 is 2.21 bits per heavy atom. The summed E-state index contributed by atoms with van der Waals surface area (Å²) in [6, 6.07) is 3.60. The first kappa shape index (κ1) is 11.3. The van der Waals surface area contributed by atoms with Crippen LogP contribution in [0.25, 0.3) is 0 Å². The molecule has 0 saturated carbocycles. The maximum Gasteiger partial charge on any atom is 0.134 e. The Bertz CT molecular complexity index is 269. The molecule has 0 aliphatic rings. The van der Waals surface area contributed by atoms with E-state index in [9.17, 15) is 5.11 Å². The first-order chi connectivity index (χ1) is 6.52. The molecular formula is C11H19NO2. The monoisotopic (exact) mass is 197 g/mol. The molecule has 1 aromatic rings. The molecule has 0 aliphatic carbocycles. The van der Waals surface area contributed by atoms with E-state index in [4.69, 9.17) is 4.42 Å². The topological polar surface area (TPSA) is 36.6 Å². The van der Waals surface area contributed by atoms with Gasteiger partial charge in [0.25, 0.3) is 0 Å². The predicted molar refractivity (Wildman–Crippen MR) is 56.1 cm³/mol. The minimum absolute atomic E-state index is 0.280. The van der Waals surface area contributed by atoms with Crippen molar-refractivity contribution in [2.75, 3.05) is 14.1 Å². The average Bonchev–Trinajstić information content (AvgIpc) is 2.67. The van der Waals surface area contributed by atoms with Crippen molar-refractivity contribution in [3.8, 4) is 0 Å². The number of aliphatic hydroxyl groups excluding tert-OH is 1. The van der Waals surface area contributed by atoms with E-state index in [1.54, 1.807) is 12.3 Å². The lowest BCUT2D eigenvalue weighted by Gasteiger charge is -2.38. The molecule has 2 unspecified atom stereocenters. The van der Waals surface area contributed by atoms with Gasteiger partial charge in [-0.05, 0) is 39.6 Å². The highest BCUT2D eigenvalue weighted by Crippen LogP contribution is 2.32. The van der Waals surface area contributed by atoms with E-state index < -0.39 is 6.10 Å². The summed E-state index contributed by atoms with van der Waals surface area (Å²) >= 11 is 0. The minimum atomic E-state index is -0.586. The SMILES string of the molecule is CCC(C)(C(O)c1ccco1)N(C)C. The van der Waals surface area contributed by atoms with Crippen LogP contribution < -0.4 is 0 Å². The van der Waals surface area contributed by atoms with Crippen molar-refractivity contribution in [3.63, 3.8) is 0 Å². The Morgan fingerprint density at radius 1 is 1.57 bits per heavy atom. The van der Waals surface area contributed by atoms with Crippen molar-refractivity contribution in [1.29, 1.82) is 0 Å². The molecule has 0 aliphatic heterocycles. The van der Waals surface area contributed by atoms with Gasteiger partial charge in [0.05, 0.1) is 11.8 Å². The van der Waals surface area contributed by atoms with Gasteiger partial charge < -0.3 is 14.4 Å². The minimum Gasteiger partial charge on any atom is -0.467 e. The second-order valence-corrected chi connectivity index (χ2v) is 4.02. The number of nitrogens with zero attached hydrogens (tertiary/aromatic N) is 1. The first-order valence-corrected chi connectivity index (χ1v) is 4.91. The zero-order valence-electron chi connectivity index (χ0n) is 9.32. The summed E-state index contributed by atoms with van der Waals surface area (Å²) in [6.45, 7) is 4.09. The van der Waals surface area contributed by atoms with Crippen molar-refractivity contribution in [2.45, 2.75) is 31.9 Å². The lowest BCUT2D eigenvalue weighted by molar-refractivity contribution is -0.0118. The molecule has 14 heavy (non-hydrogen) atoms. The Balaban J connectivity index is 2.90. The quantitative estimate of drug-likeness (QED) is 0.802. The molecule has 0 spiro atoms. The molecule has 1 N–H and O–H groups in total. The standard InChI is InChI=1S/C11H19NO2/c1-5-11(2,12(3)4)10(13)9-7-6-8-14-9/h6-8,10,13H,5H2,1-4H3. The number of rotatable bonds is 4. The molecule has 3 heteroatoms. The van der Waals surface area contributed by atoms with Crippen LogP contribution in [-0.4, -0.2) is 29.6 Å². The van der Waals surface area contributed by atoms with E-state index in [0.717, 1.165) is 6.42 Å². The third-order valence-corrected chi connectivity index (χ3v) is 3.14. The fourth-order valence-corrected chi connectivity index (χ4v) is 1.51. The van der Waals surface area contributed by atoms with Gasteiger partial charge in [0.15, 0.2) is 0 Å². The number of hydrogen-bond acceptors (Lipinski definition) is 3. The van der Waals surface area contributed by atoms with Crippen molar-refractivity contribution >= 4 is 0 Å². The van der Waals surface area contributed by atoms with Gasteiger partial charge in [0.2, 0.25) is 0 Å². The van der Waals surface area contributed by atoms with Crippen LogP contribution in [0.5, 0.6) is 0 Å².